The number of phenolic OH excluding ortho intramolecular Hbond substituents is 1. The Hall–Kier alpha value is -3.39. The normalized spacial score (nSPS) is 13.0. The van der Waals surface area contributed by atoms with E-state index in [9.17, 15) is 19.1 Å². The van der Waals surface area contributed by atoms with E-state index in [-0.39, 0.29) is 5.56 Å². The van der Waals surface area contributed by atoms with Gasteiger partial charge < -0.3 is 9.84 Å². The maximum atomic E-state index is 13.8. The Labute approximate surface area is 161 Å². The minimum absolute atomic E-state index is 0.288. The highest BCUT2D eigenvalue weighted by molar-refractivity contribution is 5.86. The van der Waals surface area contributed by atoms with Gasteiger partial charge in [0.1, 0.15) is 6.10 Å². The maximum Gasteiger partial charge on any atom is 0.412 e. The van der Waals surface area contributed by atoms with Gasteiger partial charge in [-0.1, -0.05) is 36.8 Å². The van der Waals surface area contributed by atoms with Crippen molar-refractivity contribution in [3.63, 3.8) is 0 Å². The Balaban J connectivity index is 2.22. The summed E-state index contributed by atoms with van der Waals surface area (Å²) < 4.78 is 19.2. The average molecular weight is 388 g/mol. The zero-order valence-corrected chi connectivity index (χ0v) is 15.3. The summed E-state index contributed by atoms with van der Waals surface area (Å²) in [6, 6.07) is 10.7. The zero-order valence-electron chi connectivity index (χ0n) is 15.3. The molecule has 2 aromatic rings. The molecule has 0 aliphatic carbocycles. The number of amides is 2. The van der Waals surface area contributed by atoms with Crippen LogP contribution in [0, 0.1) is 18.7 Å². The summed E-state index contributed by atoms with van der Waals surface area (Å²) in [5.74, 6) is -2.71. The average Bonchev–Trinajstić information content (AvgIpc) is 2.68. The van der Waals surface area contributed by atoms with Crippen molar-refractivity contribution >= 4 is 17.7 Å². The van der Waals surface area contributed by atoms with E-state index in [1.54, 1.807) is 19.1 Å². The SMILES string of the molecule is Cc1ccc(NC(=O)O[C@@H](c2ccc(O)c(F)c2)[C@@H](C)/C=C/C(=O)NO)cc1. The Bertz CT molecular complexity index is 867. The van der Waals surface area contributed by atoms with Crippen LogP contribution in [-0.4, -0.2) is 22.3 Å². The van der Waals surface area contributed by atoms with Gasteiger partial charge in [0.15, 0.2) is 11.6 Å². The number of phenols is 1. The molecule has 2 aromatic carbocycles. The summed E-state index contributed by atoms with van der Waals surface area (Å²) >= 11 is 0. The van der Waals surface area contributed by atoms with E-state index in [1.807, 2.05) is 19.1 Å². The van der Waals surface area contributed by atoms with Crippen molar-refractivity contribution in [3.8, 4) is 5.75 Å². The van der Waals surface area contributed by atoms with Crippen LogP contribution in [0.15, 0.2) is 54.6 Å². The number of carbonyl (C=O) groups is 2. The number of nitrogens with one attached hydrogen (secondary N) is 2. The highest BCUT2D eigenvalue weighted by Gasteiger charge is 2.23. The Morgan fingerprint density at radius 1 is 1.18 bits per heavy atom. The number of aromatic hydroxyl groups is 1. The summed E-state index contributed by atoms with van der Waals surface area (Å²) in [6.07, 6.45) is 0.744. The van der Waals surface area contributed by atoms with E-state index >= 15 is 0 Å². The van der Waals surface area contributed by atoms with Crippen LogP contribution >= 0.6 is 0 Å². The number of hydrogen-bond donors (Lipinski definition) is 4. The van der Waals surface area contributed by atoms with Gasteiger partial charge in [0.2, 0.25) is 0 Å². The van der Waals surface area contributed by atoms with Crippen molar-refractivity contribution in [2.45, 2.75) is 20.0 Å². The predicted octanol–water partition coefficient (Wildman–Crippen LogP) is 3.83. The number of ether oxygens (including phenoxy) is 1. The van der Waals surface area contributed by atoms with Crippen molar-refractivity contribution in [2.24, 2.45) is 5.92 Å². The van der Waals surface area contributed by atoms with Crippen molar-refractivity contribution in [1.82, 2.24) is 5.48 Å². The minimum Gasteiger partial charge on any atom is -0.505 e. The Morgan fingerprint density at radius 2 is 1.86 bits per heavy atom. The Kier molecular flexibility index (Phi) is 7.11. The van der Waals surface area contributed by atoms with Crippen molar-refractivity contribution in [1.29, 1.82) is 0 Å². The number of carbonyl (C=O) groups excluding carboxylic acids is 2. The van der Waals surface area contributed by atoms with Crippen molar-refractivity contribution in [3.05, 3.63) is 71.6 Å². The molecule has 0 heterocycles. The third kappa shape index (κ3) is 5.82. The van der Waals surface area contributed by atoms with Gasteiger partial charge in [0, 0.05) is 17.7 Å². The fourth-order valence-electron chi connectivity index (χ4n) is 2.46. The molecule has 0 radical (unpaired) electrons. The second-order valence-electron chi connectivity index (χ2n) is 6.22. The van der Waals surface area contributed by atoms with Crippen LogP contribution in [0.5, 0.6) is 5.75 Å². The van der Waals surface area contributed by atoms with E-state index in [0.717, 1.165) is 23.8 Å². The van der Waals surface area contributed by atoms with Crippen molar-refractivity contribution in [2.75, 3.05) is 5.32 Å². The maximum absolute atomic E-state index is 13.8. The first-order chi connectivity index (χ1) is 13.3. The molecule has 0 saturated carbocycles. The summed E-state index contributed by atoms with van der Waals surface area (Å²) in [7, 11) is 0. The van der Waals surface area contributed by atoms with Crippen molar-refractivity contribution < 1.29 is 29.0 Å². The number of hydroxylamine groups is 1. The topological polar surface area (TPSA) is 108 Å². The van der Waals surface area contributed by atoms with E-state index in [0.29, 0.717) is 5.69 Å². The molecule has 7 nitrogen and oxygen atoms in total. The third-order valence-corrected chi connectivity index (χ3v) is 3.97. The molecule has 2 amide bonds. The van der Waals surface area contributed by atoms with Gasteiger partial charge in [-0.15, -0.1) is 0 Å². The second-order valence-corrected chi connectivity index (χ2v) is 6.22. The van der Waals surface area contributed by atoms with Crippen LogP contribution in [-0.2, 0) is 9.53 Å². The molecule has 0 saturated heterocycles. The van der Waals surface area contributed by atoms with Crippen LogP contribution in [0.25, 0.3) is 0 Å². The van der Waals surface area contributed by atoms with E-state index in [2.05, 4.69) is 5.32 Å². The molecular formula is C20H21FN2O5. The molecule has 2 atom stereocenters. The summed E-state index contributed by atoms with van der Waals surface area (Å²) in [5.41, 5.74) is 3.29. The molecule has 0 aromatic heterocycles. The lowest BCUT2D eigenvalue weighted by molar-refractivity contribution is -0.124. The monoisotopic (exact) mass is 388 g/mol. The highest BCUT2D eigenvalue weighted by Crippen LogP contribution is 2.30. The molecule has 2 rings (SSSR count). The molecule has 0 spiro atoms. The molecule has 8 heteroatoms. The molecule has 28 heavy (non-hydrogen) atoms. The number of halogens is 1. The second kappa shape index (κ2) is 9.52. The standard InChI is InChI=1S/C20H21FN2O5/c1-12-3-7-15(8-4-12)22-20(26)28-19(13(2)5-10-18(25)23-27)14-6-9-17(24)16(21)11-14/h3-11,13,19,24,27H,1-2H3,(H,22,26)(H,23,25)/b10-5+/t13-,19+/m0/s1. The third-order valence-electron chi connectivity index (χ3n) is 3.97. The van der Waals surface area contributed by atoms with Gasteiger partial charge in [0.05, 0.1) is 0 Å². The van der Waals surface area contributed by atoms with Crippen LogP contribution in [0.1, 0.15) is 24.2 Å². The van der Waals surface area contributed by atoms with Gasteiger partial charge in [-0.3, -0.25) is 15.3 Å². The highest BCUT2D eigenvalue weighted by atomic mass is 19.1. The zero-order chi connectivity index (χ0) is 20.7. The minimum atomic E-state index is -0.955. The molecule has 4 N–H and O–H groups in total. The summed E-state index contributed by atoms with van der Waals surface area (Å²) in [4.78, 5) is 23.5. The van der Waals surface area contributed by atoms with E-state index in [1.165, 1.54) is 17.6 Å². The molecule has 0 aliphatic heterocycles. The lowest BCUT2D eigenvalue weighted by Gasteiger charge is -2.23. The Morgan fingerprint density at radius 3 is 2.46 bits per heavy atom. The van der Waals surface area contributed by atoms with E-state index in [4.69, 9.17) is 9.94 Å². The van der Waals surface area contributed by atoms with E-state index < -0.39 is 35.6 Å². The quantitative estimate of drug-likeness (QED) is 0.342. The number of rotatable bonds is 6. The smallest absolute Gasteiger partial charge is 0.412 e. The van der Waals surface area contributed by atoms with Gasteiger partial charge in [-0.2, -0.15) is 0 Å². The first-order valence-corrected chi connectivity index (χ1v) is 8.45. The fourth-order valence-corrected chi connectivity index (χ4v) is 2.46. The molecule has 0 aliphatic rings. The van der Waals surface area contributed by atoms with Gasteiger partial charge in [-0.05, 0) is 36.8 Å². The molecule has 0 fully saturated rings. The number of anilines is 1. The lowest BCUT2D eigenvalue weighted by atomic mass is 9.96. The van der Waals surface area contributed by atoms with Gasteiger partial charge >= 0.3 is 6.09 Å². The summed E-state index contributed by atoms with van der Waals surface area (Å²) in [5, 5.41) is 20.5. The first-order valence-electron chi connectivity index (χ1n) is 8.45. The molecule has 0 bridgehead atoms. The fraction of sp³-hybridized carbons (Fsp3) is 0.200. The predicted molar refractivity (Wildman–Crippen MR) is 100 cm³/mol. The molecular weight excluding hydrogens is 367 g/mol. The summed E-state index contributed by atoms with van der Waals surface area (Å²) in [6.45, 7) is 3.56. The van der Waals surface area contributed by atoms with Crippen LogP contribution in [0.2, 0.25) is 0 Å². The number of benzene rings is 2. The molecule has 148 valence electrons. The van der Waals surface area contributed by atoms with Gasteiger partial charge in [0.25, 0.3) is 5.91 Å². The number of hydrogen-bond acceptors (Lipinski definition) is 5. The van der Waals surface area contributed by atoms with Crippen LogP contribution in [0.3, 0.4) is 0 Å². The lowest BCUT2D eigenvalue weighted by Crippen LogP contribution is -2.22. The largest absolute Gasteiger partial charge is 0.505 e. The van der Waals surface area contributed by atoms with Crippen LogP contribution in [0.4, 0.5) is 14.9 Å². The number of aryl methyl sites for hydroxylation is 1. The van der Waals surface area contributed by atoms with Crippen LogP contribution < -0.4 is 10.8 Å². The first kappa shape index (κ1) is 20.9. The molecule has 0 unspecified atom stereocenters. The van der Waals surface area contributed by atoms with Gasteiger partial charge in [-0.25, -0.2) is 14.7 Å².